The number of amides is 2. The van der Waals surface area contributed by atoms with E-state index in [0.29, 0.717) is 6.54 Å². The summed E-state index contributed by atoms with van der Waals surface area (Å²) in [7, 11) is 1.80. The van der Waals surface area contributed by atoms with Crippen LogP contribution in [0.2, 0.25) is 0 Å². The van der Waals surface area contributed by atoms with Crippen LogP contribution in [0.5, 0.6) is 0 Å². The number of benzene rings is 1. The molecule has 2 aliphatic rings. The first-order valence-corrected chi connectivity index (χ1v) is 11.5. The van der Waals surface area contributed by atoms with E-state index in [4.69, 9.17) is 0 Å². The molecule has 2 fully saturated rings. The van der Waals surface area contributed by atoms with Gasteiger partial charge in [0.05, 0.1) is 0 Å². The van der Waals surface area contributed by atoms with E-state index in [9.17, 15) is 4.79 Å². The number of nitrogens with one attached hydrogen (secondary N) is 3. The second kappa shape index (κ2) is 13.8. The largest absolute Gasteiger partial charge is 0.356 e. The Bertz CT molecular complexity index is 699. The van der Waals surface area contributed by atoms with Crippen molar-refractivity contribution in [2.75, 3.05) is 51.6 Å². The molecule has 0 radical (unpaired) electrons. The third-order valence-corrected chi connectivity index (χ3v) is 6.07. The average molecular weight is 543 g/mol. The smallest absolute Gasteiger partial charge is 0.321 e. The molecule has 2 amide bonds. The number of halogens is 1. The Morgan fingerprint density at radius 1 is 1.13 bits per heavy atom. The van der Waals surface area contributed by atoms with E-state index in [2.05, 4.69) is 38.8 Å². The van der Waals surface area contributed by atoms with Gasteiger partial charge in [0.15, 0.2) is 5.96 Å². The van der Waals surface area contributed by atoms with Gasteiger partial charge in [0, 0.05) is 38.9 Å². The van der Waals surface area contributed by atoms with E-state index in [0.717, 1.165) is 68.6 Å². The van der Waals surface area contributed by atoms with Crippen LogP contribution in [0.3, 0.4) is 0 Å². The highest BCUT2D eigenvalue weighted by molar-refractivity contribution is 14.0. The maximum atomic E-state index is 12.3. The zero-order valence-electron chi connectivity index (χ0n) is 19.0. The van der Waals surface area contributed by atoms with Crippen molar-refractivity contribution in [3.63, 3.8) is 0 Å². The number of carbonyl (C=O) groups excluding carboxylic acids is 1. The molecule has 0 spiro atoms. The van der Waals surface area contributed by atoms with E-state index in [1.807, 2.05) is 23.1 Å². The Kier molecular flexibility index (Phi) is 11.4. The highest BCUT2D eigenvalue weighted by Crippen LogP contribution is 2.16. The summed E-state index contributed by atoms with van der Waals surface area (Å²) in [6.07, 6.45) is 5.97. The minimum absolute atomic E-state index is 0. The predicted molar refractivity (Wildman–Crippen MR) is 139 cm³/mol. The lowest BCUT2D eigenvalue weighted by Crippen LogP contribution is -2.39. The van der Waals surface area contributed by atoms with Crippen LogP contribution in [0.15, 0.2) is 29.3 Å². The number of hydrogen-bond acceptors (Lipinski definition) is 3. The molecular weight excluding hydrogens is 503 g/mol. The monoisotopic (exact) mass is 542 g/mol. The van der Waals surface area contributed by atoms with Gasteiger partial charge in [0.25, 0.3) is 0 Å². The van der Waals surface area contributed by atoms with Crippen molar-refractivity contribution in [3.05, 3.63) is 29.8 Å². The highest BCUT2D eigenvalue weighted by Gasteiger charge is 2.18. The van der Waals surface area contributed by atoms with Crippen molar-refractivity contribution in [2.45, 2.75) is 45.6 Å². The topological polar surface area (TPSA) is 72.0 Å². The molecule has 0 aliphatic carbocycles. The predicted octanol–water partition coefficient (Wildman–Crippen LogP) is 3.72. The number of likely N-dealkylation sites (tertiary alicyclic amines) is 2. The Hall–Kier alpha value is -1.55. The SMILES string of the molecule is CN=C(NCCCN1CCC(C)CC1)NCc1cccc(NC(=O)N2CCCC2)c1.I. The molecule has 0 bridgehead atoms. The number of anilines is 1. The van der Waals surface area contributed by atoms with Crippen LogP contribution >= 0.6 is 24.0 Å². The molecule has 31 heavy (non-hydrogen) atoms. The maximum Gasteiger partial charge on any atom is 0.321 e. The first kappa shape index (κ1) is 25.7. The number of aliphatic imine (C=N–C) groups is 1. The van der Waals surface area contributed by atoms with Crippen molar-refractivity contribution in [1.29, 1.82) is 0 Å². The van der Waals surface area contributed by atoms with E-state index >= 15 is 0 Å². The van der Waals surface area contributed by atoms with Crippen LogP contribution in [0.25, 0.3) is 0 Å². The lowest BCUT2D eigenvalue weighted by molar-refractivity contribution is 0.191. The van der Waals surface area contributed by atoms with Gasteiger partial charge < -0.3 is 25.8 Å². The first-order chi connectivity index (χ1) is 14.6. The summed E-state index contributed by atoms with van der Waals surface area (Å²) in [5, 5.41) is 9.79. The van der Waals surface area contributed by atoms with Gasteiger partial charge in [0.2, 0.25) is 0 Å². The van der Waals surface area contributed by atoms with Crippen LogP contribution < -0.4 is 16.0 Å². The second-order valence-electron chi connectivity index (χ2n) is 8.55. The normalized spacial score (nSPS) is 17.9. The Morgan fingerprint density at radius 3 is 2.58 bits per heavy atom. The molecule has 2 aliphatic heterocycles. The molecule has 1 aromatic carbocycles. The molecule has 3 rings (SSSR count). The molecule has 3 N–H and O–H groups in total. The van der Waals surface area contributed by atoms with Crippen molar-refractivity contribution in [2.24, 2.45) is 10.9 Å². The van der Waals surface area contributed by atoms with Gasteiger partial charge in [-0.05, 0) is 75.4 Å². The van der Waals surface area contributed by atoms with Crippen LogP contribution in [0, 0.1) is 5.92 Å². The summed E-state index contributed by atoms with van der Waals surface area (Å²) >= 11 is 0. The maximum absolute atomic E-state index is 12.3. The quantitative estimate of drug-likeness (QED) is 0.213. The summed E-state index contributed by atoms with van der Waals surface area (Å²) in [5.41, 5.74) is 1.95. The van der Waals surface area contributed by atoms with Crippen LogP contribution in [0.4, 0.5) is 10.5 Å². The second-order valence-corrected chi connectivity index (χ2v) is 8.55. The van der Waals surface area contributed by atoms with Gasteiger partial charge in [-0.2, -0.15) is 0 Å². The van der Waals surface area contributed by atoms with Crippen molar-refractivity contribution in [1.82, 2.24) is 20.4 Å². The molecule has 0 unspecified atom stereocenters. The number of nitrogens with zero attached hydrogens (tertiary/aromatic N) is 3. The molecule has 7 nitrogen and oxygen atoms in total. The van der Waals surface area contributed by atoms with E-state index in [1.54, 1.807) is 7.05 Å². The lowest BCUT2D eigenvalue weighted by Gasteiger charge is -2.30. The van der Waals surface area contributed by atoms with Crippen molar-refractivity contribution in [3.8, 4) is 0 Å². The number of rotatable bonds is 7. The molecule has 1 aromatic rings. The molecule has 8 heteroatoms. The van der Waals surface area contributed by atoms with Gasteiger partial charge in [-0.25, -0.2) is 4.79 Å². The highest BCUT2D eigenvalue weighted by atomic mass is 127. The third kappa shape index (κ3) is 8.84. The molecule has 2 heterocycles. The zero-order chi connectivity index (χ0) is 21.2. The summed E-state index contributed by atoms with van der Waals surface area (Å²) in [5.74, 6) is 1.70. The van der Waals surface area contributed by atoms with E-state index < -0.39 is 0 Å². The average Bonchev–Trinajstić information content (AvgIpc) is 3.30. The van der Waals surface area contributed by atoms with Crippen LogP contribution in [0.1, 0.15) is 44.6 Å². The number of urea groups is 1. The summed E-state index contributed by atoms with van der Waals surface area (Å²) in [6.45, 7) is 9.26. The standard InChI is InChI=1S/C23H38N6O.HI/c1-19-9-15-28(16-10-19)12-6-11-25-22(24-2)26-18-20-7-5-8-21(17-20)27-23(30)29-13-3-4-14-29;/h5,7-8,17,19H,3-4,6,9-16,18H2,1-2H3,(H,27,30)(H2,24,25,26);1H. The Labute approximate surface area is 204 Å². The number of guanidine groups is 1. The molecule has 0 atom stereocenters. The molecule has 2 saturated heterocycles. The van der Waals surface area contributed by atoms with Gasteiger partial charge in [0.1, 0.15) is 0 Å². The third-order valence-electron chi connectivity index (χ3n) is 6.07. The fourth-order valence-corrected chi connectivity index (χ4v) is 4.08. The number of hydrogen-bond donors (Lipinski definition) is 3. The van der Waals surface area contributed by atoms with Gasteiger partial charge in [-0.1, -0.05) is 19.1 Å². The molecule has 0 saturated carbocycles. The minimum atomic E-state index is -0.00162. The van der Waals surface area contributed by atoms with E-state index in [-0.39, 0.29) is 30.0 Å². The Balaban J connectivity index is 0.00000341. The van der Waals surface area contributed by atoms with Gasteiger partial charge in [-0.3, -0.25) is 4.99 Å². The molecular formula is C23H39IN6O. The molecule has 0 aromatic heterocycles. The lowest BCUT2D eigenvalue weighted by atomic mass is 9.99. The summed E-state index contributed by atoms with van der Waals surface area (Å²) in [6, 6.07) is 7.99. The zero-order valence-corrected chi connectivity index (χ0v) is 21.4. The fourth-order valence-electron chi connectivity index (χ4n) is 4.08. The summed E-state index contributed by atoms with van der Waals surface area (Å²) in [4.78, 5) is 21.1. The van der Waals surface area contributed by atoms with Crippen LogP contribution in [-0.4, -0.2) is 68.1 Å². The van der Waals surface area contributed by atoms with Gasteiger partial charge in [-0.15, -0.1) is 24.0 Å². The minimum Gasteiger partial charge on any atom is -0.356 e. The molecule has 174 valence electrons. The fraction of sp³-hybridized carbons (Fsp3) is 0.652. The van der Waals surface area contributed by atoms with Crippen molar-refractivity contribution >= 4 is 41.7 Å². The first-order valence-electron chi connectivity index (χ1n) is 11.5. The van der Waals surface area contributed by atoms with E-state index in [1.165, 1.54) is 25.9 Å². The number of piperidine rings is 1. The van der Waals surface area contributed by atoms with Crippen LogP contribution in [-0.2, 0) is 6.54 Å². The van der Waals surface area contributed by atoms with Crippen molar-refractivity contribution < 1.29 is 4.79 Å². The number of carbonyl (C=O) groups is 1. The van der Waals surface area contributed by atoms with Gasteiger partial charge >= 0.3 is 6.03 Å². The Morgan fingerprint density at radius 2 is 1.87 bits per heavy atom. The summed E-state index contributed by atoms with van der Waals surface area (Å²) < 4.78 is 0.